The van der Waals surface area contributed by atoms with Crippen LogP contribution in [-0.4, -0.2) is 23.6 Å². The SMILES string of the molecule is Cc1ccc(C)n1CCNC(=O)COc1ccc(F)cc1. The highest BCUT2D eigenvalue weighted by Gasteiger charge is 2.04. The van der Waals surface area contributed by atoms with Crippen LogP contribution in [-0.2, 0) is 11.3 Å². The topological polar surface area (TPSA) is 43.3 Å². The molecular formula is C16H19FN2O2. The molecule has 0 aliphatic rings. The molecule has 112 valence electrons. The minimum atomic E-state index is -0.329. The van der Waals surface area contributed by atoms with E-state index in [9.17, 15) is 9.18 Å². The van der Waals surface area contributed by atoms with Gasteiger partial charge in [-0.15, -0.1) is 0 Å². The van der Waals surface area contributed by atoms with Gasteiger partial charge in [-0.3, -0.25) is 4.79 Å². The molecule has 2 rings (SSSR count). The van der Waals surface area contributed by atoms with E-state index in [0.29, 0.717) is 12.3 Å². The minimum Gasteiger partial charge on any atom is -0.484 e. The van der Waals surface area contributed by atoms with Crippen LogP contribution in [0.1, 0.15) is 11.4 Å². The Morgan fingerprint density at radius 1 is 1.14 bits per heavy atom. The maximum absolute atomic E-state index is 12.7. The van der Waals surface area contributed by atoms with Crippen LogP contribution in [0.4, 0.5) is 4.39 Å². The van der Waals surface area contributed by atoms with Gasteiger partial charge in [0.1, 0.15) is 11.6 Å². The number of amides is 1. The van der Waals surface area contributed by atoms with Gasteiger partial charge in [0.25, 0.3) is 5.91 Å². The molecule has 0 unspecified atom stereocenters. The summed E-state index contributed by atoms with van der Waals surface area (Å²) in [6.07, 6.45) is 0. The normalized spacial score (nSPS) is 10.4. The third kappa shape index (κ3) is 4.34. The third-order valence-electron chi connectivity index (χ3n) is 3.26. The first kappa shape index (κ1) is 15.1. The van der Waals surface area contributed by atoms with Gasteiger partial charge in [0.15, 0.2) is 6.61 Å². The number of halogens is 1. The van der Waals surface area contributed by atoms with Crippen molar-refractivity contribution >= 4 is 5.91 Å². The Morgan fingerprint density at radius 3 is 2.38 bits per heavy atom. The maximum atomic E-state index is 12.7. The van der Waals surface area contributed by atoms with Crippen molar-refractivity contribution in [2.45, 2.75) is 20.4 Å². The Kier molecular flexibility index (Phi) is 4.98. The number of rotatable bonds is 6. The second kappa shape index (κ2) is 6.92. The lowest BCUT2D eigenvalue weighted by Gasteiger charge is -2.11. The van der Waals surface area contributed by atoms with Crippen LogP contribution < -0.4 is 10.1 Å². The molecule has 0 atom stereocenters. The van der Waals surface area contributed by atoms with E-state index in [1.165, 1.54) is 35.7 Å². The summed E-state index contributed by atoms with van der Waals surface area (Å²) >= 11 is 0. The Labute approximate surface area is 123 Å². The number of benzene rings is 1. The highest BCUT2D eigenvalue weighted by molar-refractivity contribution is 5.77. The third-order valence-corrected chi connectivity index (χ3v) is 3.26. The van der Waals surface area contributed by atoms with Gasteiger partial charge in [0.2, 0.25) is 0 Å². The fourth-order valence-corrected chi connectivity index (χ4v) is 2.09. The molecule has 4 nitrogen and oxygen atoms in total. The summed E-state index contributed by atoms with van der Waals surface area (Å²) < 4.78 is 20.1. The molecule has 0 saturated heterocycles. The first-order valence-corrected chi connectivity index (χ1v) is 6.84. The van der Waals surface area contributed by atoms with E-state index >= 15 is 0 Å². The van der Waals surface area contributed by atoms with Crippen molar-refractivity contribution < 1.29 is 13.9 Å². The van der Waals surface area contributed by atoms with E-state index in [1.54, 1.807) is 0 Å². The fraction of sp³-hybridized carbons (Fsp3) is 0.312. The number of carbonyl (C=O) groups excluding carboxylic acids is 1. The largest absolute Gasteiger partial charge is 0.484 e. The first-order valence-electron chi connectivity index (χ1n) is 6.84. The molecule has 2 aromatic rings. The molecule has 0 fully saturated rings. The van der Waals surface area contributed by atoms with Crippen LogP contribution in [0.5, 0.6) is 5.75 Å². The quantitative estimate of drug-likeness (QED) is 0.888. The molecule has 1 amide bonds. The van der Waals surface area contributed by atoms with Gasteiger partial charge in [0.05, 0.1) is 0 Å². The average Bonchev–Trinajstić information content (AvgIpc) is 2.78. The van der Waals surface area contributed by atoms with E-state index in [-0.39, 0.29) is 18.3 Å². The summed E-state index contributed by atoms with van der Waals surface area (Å²) in [6.45, 7) is 5.27. The van der Waals surface area contributed by atoms with Gasteiger partial charge in [-0.1, -0.05) is 0 Å². The van der Waals surface area contributed by atoms with E-state index in [1.807, 2.05) is 13.8 Å². The average molecular weight is 290 g/mol. The number of hydrogen-bond acceptors (Lipinski definition) is 2. The number of nitrogens with one attached hydrogen (secondary N) is 1. The zero-order valence-corrected chi connectivity index (χ0v) is 12.2. The van der Waals surface area contributed by atoms with E-state index in [4.69, 9.17) is 4.74 Å². The van der Waals surface area contributed by atoms with Gasteiger partial charge >= 0.3 is 0 Å². The predicted octanol–water partition coefficient (Wildman–Crippen LogP) is 2.44. The molecule has 0 spiro atoms. The number of nitrogens with zero attached hydrogens (tertiary/aromatic N) is 1. The number of aryl methyl sites for hydroxylation is 2. The summed E-state index contributed by atoms with van der Waals surface area (Å²) in [5, 5.41) is 2.80. The molecule has 21 heavy (non-hydrogen) atoms. The van der Waals surface area contributed by atoms with Crippen molar-refractivity contribution in [3.05, 3.63) is 53.6 Å². The summed E-state index contributed by atoms with van der Waals surface area (Å²) in [7, 11) is 0. The van der Waals surface area contributed by atoms with Crippen LogP contribution in [0, 0.1) is 19.7 Å². The summed E-state index contributed by atoms with van der Waals surface area (Å²) in [6, 6.07) is 9.68. The Hall–Kier alpha value is -2.30. The first-order chi connectivity index (χ1) is 10.1. The molecule has 0 saturated carbocycles. The number of carbonyl (C=O) groups is 1. The van der Waals surface area contributed by atoms with Crippen molar-refractivity contribution in [1.29, 1.82) is 0 Å². The van der Waals surface area contributed by atoms with Crippen molar-refractivity contribution in [2.24, 2.45) is 0 Å². The smallest absolute Gasteiger partial charge is 0.258 e. The molecule has 1 N–H and O–H groups in total. The minimum absolute atomic E-state index is 0.0741. The second-order valence-electron chi connectivity index (χ2n) is 4.86. The van der Waals surface area contributed by atoms with E-state index in [2.05, 4.69) is 22.0 Å². The molecule has 1 heterocycles. The van der Waals surface area contributed by atoms with Gasteiger partial charge < -0.3 is 14.6 Å². The molecule has 0 bridgehead atoms. The molecule has 1 aromatic heterocycles. The Bertz CT molecular complexity index is 586. The fourth-order valence-electron chi connectivity index (χ4n) is 2.09. The van der Waals surface area contributed by atoms with Gasteiger partial charge in [0, 0.05) is 24.5 Å². The molecule has 0 aliphatic heterocycles. The Balaban J connectivity index is 1.71. The van der Waals surface area contributed by atoms with Gasteiger partial charge in [-0.2, -0.15) is 0 Å². The van der Waals surface area contributed by atoms with Crippen molar-refractivity contribution in [3.8, 4) is 5.75 Å². The van der Waals surface area contributed by atoms with Crippen molar-refractivity contribution in [2.75, 3.05) is 13.2 Å². The molecule has 1 aromatic carbocycles. The number of aromatic nitrogens is 1. The summed E-state index contributed by atoms with van der Waals surface area (Å²) in [5.74, 6) is -0.0466. The van der Waals surface area contributed by atoms with Crippen LogP contribution in [0.3, 0.4) is 0 Å². The standard InChI is InChI=1S/C16H19FN2O2/c1-12-3-4-13(2)19(12)10-9-18-16(20)11-21-15-7-5-14(17)6-8-15/h3-8H,9-11H2,1-2H3,(H,18,20). The van der Waals surface area contributed by atoms with Crippen LogP contribution in [0.2, 0.25) is 0 Å². The van der Waals surface area contributed by atoms with Crippen molar-refractivity contribution in [1.82, 2.24) is 9.88 Å². The van der Waals surface area contributed by atoms with Crippen molar-refractivity contribution in [3.63, 3.8) is 0 Å². The lowest BCUT2D eigenvalue weighted by Crippen LogP contribution is -2.31. The predicted molar refractivity (Wildman–Crippen MR) is 78.8 cm³/mol. The number of hydrogen-bond donors (Lipinski definition) is 1. The highest BCUT2D eigenvalue weighted by Crippen LogP contribution is 2.10. The molecule has 0 radical (unpaired) electrons. The number of ether oxygens (including phenoxy) is 1. The molecular weight excluding hydrogens is 271 g/mol. The summed E-state index contributed by atoms with van der Waals surface area (Å²) in [5.41, 5.74) is 2.34. The second-order valence-corrected chi connectivity index (χ2v) is 4.86. The molecule has 5 heteroatoms. The maximum Gasteiger partial charge on any atom is 0.258 e. The zero-order chi connectivity index (χ0) is 15.2. The zero-order valence-electron chi connectivity index (χ0n) is 12.2. The van der Waals surface area contributed by atoms with Crippen LogP contribution in [0.15, 0.2) is 36.4 Å². The monoisotopic (exact) mass is 290 g/mol. The lowest BCUT2D eigenvalue weighted by atomic mass is 10.3. The molecule has 0 aliphatic carbocycles. The van der Waals surface area contributed by atoms with Gasteiger partial charge in [-0.05, 0) is 50.2 Å². The summed E-state index contributed by atoms with van der Waals surface area (Å²) in [4.78, 5) is 11.7. The van der Waals surface area contributed by atoms with Crippen LogP contribution >= 0.6 is 0 Å². The van der Waals surface area contributed by atoms with E-state index in [0.717, 1.165) is 6.54 Å². The highest BCUT2D eigenvalue weighted by atomic mass is 19.1. The van der Waals surface area contributed by atoms with E-state index < -0.39 is 0 Å². The van der Waals surface area contributed by atoms with Gasteiger partial charge in [-0.25, -0.2) is 4.39 Å². The Morgan fingerprint density at radius 2 is 1.76 bits per heavy atom. The van der Waals surface area contributed by atoms with Crippen LogP contribution in [0.25, 0.3) is 0 Å². The lowest BCUT2D eigenvalue weighted by molar-refractivity contribution is -0.123.